The van der Waals surface area contributed by atoms with Crippen molar-refractivity contribution in [3.8, 4) is 0 Å². The van der Waals surface area contributed by atoms with Crippen LogP contribution in [0.2, 0.25) is 5.02 Å². The summed E-state index contributed by atoms with van der Waals surface area (Å²) >= 11 is 5.99. The zero-order valence-electron chi connectivity index (χ0n) is 15.2. The fraction of sp³-hybridized carbons (Fsp3) is 0.412. The molecular weight excluding hydrogens is 435 g/mol. The van der Waals surface area contributed by atoms with Crippen LogP contribution in [-0.2, 0) is 21.8 Å². The van der Waals surface area contributed by atoms with Crippen molar-refractivity contribution in [3.05, 3.63) is 47.0 Å². The third-order valence-corrected chi connectivity index (χ3v) is 6.85. The molecule has 29 heavy (non-hydrogen) atoms. The molecule has 1 aliphatic rings. The molecule has 1 atom stereocenters. The molecule has 0 saturated carbocycles. The van der Waals surface area contributed by atoms with Crippen LogP contribution in [0.15, 0.2) is 35.5 Å². The van der Waals surface area contributed by atoms with Gasteiger partial charge in [0.2, 0.25) is 10.0 Å². The highest BCUT2D eigenvalue weighted by molar-refractivity contribution is 7.89. The summed E-state index contributed by atoms with van der Waals surface area (Å²) < 4.78 is 72.7. The number of hydrogen-bond donors (Lipinski definition) is 0. The Kier molecular flexibility index (Phi) is 5.93. The first-order chi connectivity index (χ1) is 13.5. The smallest absolute Gasteiger partial charge is 0.432 e. The Morgan fingerprint density at radius 2 is 1.93 bits per heavy atom. The Hall–Kier alpha value is -2.11. The quantitative estimate of drug-likeness (QED) is 0.651. The molecule has 7 nitrogen and oxygen atoms in total. The molecule has 0 N–H and O–H groups in total. The number of rotatable bonds is 5. The van der Waals surface area contributed by atoms with E-state index in [2.05, 4.69) is 9.72 Å². The minimum atomic E-state index is -4.91. The number of ether oxygens (including phenoxy) is 1. The molecule has 0 radical (unpaired) electrons. The number of sulfonamides is 1. The van der Waals surface area contributed by atoms with Crippen LogP contribution in [0, 0.1) is 0 Å². The van der Waals surface area contributed by atoms with Crippen LogP contribution in [0.25, 0.3) is 0 Å². The molecular formula is C17H17ClF3N3O4S. The third kappa shape index (κ3) is 4.41. The molecule has 0 bridgehead atoms. The van der Waals surface area contributed by atoms with E-state index in [4.69, 9.17) is 11.6 Å². The van der Waals surface area contributed by atoms with Gasteiger partial charge >= 0.3 is 12.1 Å². The predicted molar refractivity (Wildman–Crippen MR) is 96.9 cm³/mol. The van der Waals surface area contributed by atoms with E-state index < -0.39 is 34.1 Å². The van der Waals surface area contributed by atoms with Gasteiger partial charge in [-0.2, -0.15) is 17.5 Å². The van der Waals surface area contributed by atoms with Crippen molar-refractivity contribution in [1.29, 1.82) is 0 Å². The molecule has 0 amide bonds. The van der Waals surface area contributed by atoms with Gasteiger partial charge in [0.25, 0.3) is 6.10 Å². The van der Waals surface area contributed by atoms with Crippen molar-refractivity contribution >= 4 is 27.6 Å². The van der Waals surface area contributed by atoms with Crippen LogP contribution in [0.3, 0.4) is 0 Å². The highest BCUT2D eigenvalue weighted by Gasteiger charge is 2.46. The second kappa shape index (κ2) is 7.96. The van der Waals surface area contributed by atoms with E-state index in [-0.39, 0.29) is 15.5 Å². The summed E-state index contributed by atoms with van der Waals surface area (Å²) in [5, 5.41) is -0.134. The summed E-state index contributed by atoms with van der Waals surface area (Å²) in [7, 11) is -2.65. The maximum Gasteiger partial charge on any atom is 0.432 e. The Morgan fingerprint density at radius 3 is 2.48 bits per heavy atom. The lowest BCUT2D eigenvalue weighted by atomic mass is 10.2. The van der Waals surface area contributed by atoms with Crippen LogP contribution >= 0.6 is 11.6 Å². The van der Waals surface area contributed by atoms with Crippen molar-refractivity contribution in [2.45, 2.75) is 30.0 Å². The summed E-state index contributed by atoms with van der Waals surface area (Å²) in [6.45, 7) is 0.616. The molecule has 1 saturated heterocycles. The zero-order valence-corrected chi connectivity index (χ0v) is 16.8. The molecule has 1 aromatic heterocycles. The van der Waals surface area contributed by atoms with Gasteiger partial charge in [0.05, 0.1) is 10.6 Å². The van der Waals surface area contributed by atoms with E-state index in [0.717, 1.165) is 29.0 Å². The van der Waals surface area contributed by atoms with Gasteiger partial charge < -0.3 is 9.30 Å². The minimum Gasteiger partial charge on any atom is -0.441 e. The maximum atomic E-state index is 13.4. The molecule has 12 heteroatoms. The lowest BCUT2D eigenvalue weighted by molar-refractivity contribution is -0.210. The standard InChI is InChI=1S/C17H17ClF3N3O4S/c1-23-9-6-22-15(23)14(17(19,20)21)28-16(25)11-4-5-12(18)13(10-11)29(26,27)24-7-2-3-8-24/h4-6,9-10,14H,2-3,7-8H2,1H3/t14-/m1/s1. The minimum absolute atomic E-state index is 0.134. The first kappa shape index (κ1) is 21.6. The van der Waals surface area contributed by atoms with E-state index in [0.29, 0.717) is 25.9 Å². The zero-order chi connectivity index (χ0) is 21.4. The Balaban J connectivity index is 1.92. The summed E-state index contributed by atoms with van der Waals surface area (Å²) in [6.07, 6.45) is -3.71. The highest BCUT2D eigenvalue weighted by Crippen LogP contribution is 2.36. The van der Waals surface area contributed by atoms with Crippen molar-refractivity contribution in [1.82, 2.24) is 13.9 Å². The molecule has 1 fully saturated rings. The van der Waals surface area contributed by atoms with E-state index in [1.54, 1.807) is 0 Å². The van der Waals surface area contributed by atoms with Crippen molar-refractivity contribution in [2.75, 3.05) is 13.1 Å². The number of alkyl halides is 3. The van der Waals surface area contributed by atoms with Gasteiger partial charge in [-0.15, -0.1) is 0 Å². The number of aryl methyl sites for hydroxylation is 1. The van der Waals surface area contributed by atoms with Crippen molar-refractivity contribution in [3.63, 3.8) is 0 Å². The number of esters is 1. The number of nitrogens with zero attached hydrogens (tertiary/aromatic N) is 3. The predicted octanol–water partition coefficient (Wildman–Crippen LogP) is 3.32. The van der Waals surface area contributed by atoms with E-state index in [1.165, 1.54) is 17.5 Å². The van der Waals surface area contributed by atoms with Gasteiger partial charge in [0.15, 0.2) is 5.82 Å². The Labute approximate surface area is 170 Å². The molecule has 0 unspecified atom stereocenters. The van der Waals surface area contributed by atoms with Crippen LogP contribution in [0.4, 0.5) is 13.2 Å². The number of hydrogen-bond acceptors (Lipinski definition) is 5. The van der Waals surface area contributed by atoms with Gasteiger partial charge in [0, 0.05) is 32.5 Å². The SMILES string of the molecule is Cn1ccnc1[C@@H](OC(=O)c1ccc(Cl)c(S(=O)(=O)N2CCCC2)c1)C(F)(F)F. The lowest BCUT2D eigenvalue weighted by Gasteiger charge is -2.21. The van der Waals surface area contributed by atoms with E-state index in [9.17, 15) is 26.4 Å². The first-order valence-corrected chi connectivity index (χ1v) is 10.4. The van der Waals surface area contributed by atoms with Crippen molar-refractivity contribution < 1.29 is 31.1 Å². The normalized spacial score (nSPS) is 16.7. The maximum absolute atomic E-state index is 13.4. The molecule has 2 aromatic rings. The first-order valence-electron chi connectivity index (χ1n) is 8.56. The number of benzene rings is 1. The summed E-state index contributed by atoms with van der Waals surface area (Å²) in [6, 6.07) is 3.19. The van der Waals surface area contributed by atoms with Gasteiger partial charge in [-0.3, -0.25) is 0 Å². The largest absolute Gasteiger partial charge is 0.441 e. The number of carbonyl (C=O) groups is 1. The third-order valence-electron chi connectivity index (χ3n) is 4.46. The van der Waals surface area contributed by atoms with E-state index >= 15 is 0 Å². The van der Waals surface area contributed by atoms with Crippen molar-refractivity contribution in [2.24, 2.45) is 7.05 Å². The molecule has 3 rings (SSSR count). The molecule has 0 spiro atoms. The number of carbonyl (C=O) groups excluding carboxylic acids is 1. The van der Waals surface area contributed by atoms with Crippen LogP contribution in [-0.4, -0.2) is 47.5 Å². The van der Waals surface area contributed by atoms with Crippen LogP contribution in [0.5, 0.6) is 0 Å². The fourth-order valence-corrected chi connectivity index (χ4v) is 4.98. The van der Waals surface area contributed by atoms with Gasteiger partial charge in [-0.25, -0.2) is 18.2 Å². The van der Waals surface area contributed by atoms with Crippen LogP contribution < -0.4 is 0 Å². The Bertz CT molecular complexity index is 1020. The molecule has 2 heterocycles. The topological polar surface area (TPSA) is 81.5 Å². The summed E-state index contributed by atoms with van der Waals surface area (Å²) in [5.74, 6) is -1.85. The monoisotopic (exact) mass is 451 g/mol. The van der Waals surface area contributed by atoms with Gasteiger partial charge in [0.1, 0.15) is 4.90 Å². The number of imidazole rings is 1. The fourth-order valence-electron chi connectivity index (χ4n) is 2.97. The second-order valence-corrected chi connectivity index (χ2v) is 8.79. The lowest BCUT2D eigenvalue weighted by Crippen LogP contribution is -2.29. The molecule has 0 aliphatic carbocycles. The molecule has 158 valence electrons. The average Bonchev–Trinajstić information content (AvgIpc) is 3.31. The summed E-state index contributed by atoms with van der Waals surface area (Å²) in [5.41, 5.74) is -0.365. The summed E-state index contributed by atoms with van der Waals surface area (Å²) in [4.78, 5) is 15.7. The van der Waals surface area contributed by atoms with Gasteiger partial charge in [-0.1, -0.05) is 11.6 Å². The highest BCUT2D eigenvalue weighted by atomic mass is 35.5. The average molecular weight is 452 g/mol. The van der Waals surface area contributed by atoms with Gasteiger partial charge in [-0.05, 0) is 31.0 Å². The van der Waals surface area contributed by atoms with E-state index in [1.807, 2.05) is 0 Å². The van der Waals surface area contributed by atoms with Crippen LogP contribution in [0.1, 0.15) is 35.1 Å². The second-order valence-electron chi connectivity index (χ2n) is 6.48. The Morgan fingerprint density at radius 1 is 1.28 bits per heavy atom. The number of aromatic nitrogens is 2. The molecule has 1 aliphatic heterocycles. The molecule has 1 aromatic carbocycles. The number of halogens is 4.